The number of imidazole rings is 1. The Hall–Kier alpha value is -2.81. The molecule has 2 heterocycles. The number of hydrogen-bond donors (Lipinski definition) is 5. The van der Waals surface area contributed by atoms with Crippen LogP contribution in [0.3, 0.4) is 0 Å². The molecule has 1 aromatic carbocycles. The van der Waals surface area contributed by atoms with Gasteiger partial charge in [0.15, 0.2) is 0 Å². The van der Waals surface area contributed by atoms with Gasteiger partial charge >= 0.3 is 0 Å². The third-order valence-corrected chi connectivity index (χ3v) is 8.14. The monoisotopic (exact) mass is 522 g/mol. The maximum atomic E-state index is 10.9. The van der Waals surface area contributed by atoms with Crippen LogP contribution in [0.25, 0.3) is 16.7 Å². The lowest BCUT2D eigenvalue weighted by Crippen LogP contribution is -2.40. The topological polar surface area (TPSA) is 129 Å². The van der Waals surface area contributed by atoms with E-state index in [0.29, 0.717) is 29.5 Å². The zero-order chi connectivity index (χ0) is 27.8. The van der Waals surface area contributed by atoms with Crippen molar-refractivity contribution in [2.24, 2.45) is 11.7 Å². The van der Waals surface area contributed by atoms with Crippen LogP contribution in [-0.2, 0) is 11.8 Å². The zero-order valence-corrected chi connectivity index (χ0v) is 23.6. The van der Waals surface area contributed by atoms with Crippen LogP contribution in [-0.4, -0.2) is 61.0 Å². The van der Waals surface area contributed by atoms with Gasteiger partial charge in [0.25, 0.3) is 0 Å². The summed E-state index contributed by atoms with van der Waals surface area (Å²) in [6.07, 6.45) is 3.75. The molecule has 1 aliphatic rings. The number of aromatic nitrogens is 3. The smallest absolute Gasteiger partial charge is 0.113 e. The van der Waals surface area contributed by atoms with Crippen LogP contribution >= 0.6 is 0 Å². The number of hydrogen-bond acceptors (Lipinski definition) is 6. The molecule has 38 heavy (non-hydrogen) atoms. The molecular weight excluding hydrogens is 476 g/mol. The quantitative estimate of drug-likeness (QED) is 0.254. The third kappa shape index (κ3) is 5.92. The largest absolute Gasteiger partial charge is 0.399 e. The number of nitrogens with two attached hydrogens (primary N) is 2. The van der Waals surface area contributed by atoms with Crippen molar-refractivity contribution in [3.63, 3.8) is 0 Å². The summed E-state index contributed by atoms with van der Waals surface area (Å²) >= 11 is 0. The first-order valence-electron chi connectivity index (χ1n) is 13.9. The van der Waals surface area contributed by atoms with Crippen molar-refractivity contribution >= 4 is 22.5 Å². The van der Waals surface area contributed by atoms with Gasteiger partial charge in [0.1, 0.15) is 17.7 Å². The maximum absolute atomic E-state index is 10.9. The lowest BCUT2D eigenvalue weighted by molar-refractivity contribution is -0.00187. The van der Waals surface area contributed by atoms with Crippen LogP contribution in [0, 0.1) is 5.92 Å². The number of H-pyrrole nitrogens is 1. The molecule has 2 aromatic heterocycles. The lowest BCUT2D eigenvalue weighted by atomic mass is 9.87. The SMILES string of the molecule is C=C(N)c1ccn([C@@H]2C[C@H](CN(CCCCc3nc4ccc(C(C)(C)C)cc4[nH]3)C(C)C)[C@@H](O)[C@H]2O)c1N. The Balaban J connectivity index is 1.33. The first kappa shape index (κ1) is 28.2. The van der Waals surface area contributed by atoms with Gasteiger partial charge in [-0.25, -0.2) is 4.98 Å². The minimum absolute atomic E-state index is 0.0453. The van der Waals surface area contributed by atoms with E-state index >= 15 is 0 Å². The van der Waals surface area contributed by atoms with Crippen LogP contribution in [0.1, 0.15) is 76.9 Å². The number of nitrogen functional groups attached to an aromatic ring is 1. The second-order valence-electron chi connectivity index (χ2n) is 12.3. The first-order chi connectivity index (χ1) is 17.9. The molecule has 3 aromatic rings. The number of aliphatic hydroxyl groups is 2. The minimum Gasteiger partial charge on any atom is -0.399 e. The Bertz CT molecular complexity index is 1250. The van der Waals surface area contributed by atoms with Crippen molar-refractivity contribution in [3.8, 4) is 0 Å². The standard InChI is InChI=1S/C30H46N6O2/c1-18(2)35(13-8-7-9-26-33-23-11-10-21(30(4,5)6)16-24(23)34-26)17-20-15-25(28(38)27(20)37)36-14-12-22(19(3)31)29(36)32/h10-12,14,16,18,20,25,27-28,37-38H,3,7-9,13,15,17,31-32H2,1-2,4-6H3,(H,33,34)/t20-,25-,27-,28+/m1/s1. The number of nitrogens with one attached hydrogen (secondary N) is 1. The van der Waals surface area contributed by atoms with E-state index in [-0.39, 0.29) is 17.4 Å². The number of fused-ring (bicyclic) bond motifs is 1. The number of rotatable bonds is 10. The molecule has 0 bridgehead atoms. The molecule has 8 nitrogen and oxygen atoms in total. The molecule has 0 saturated heterocycles. The summed E-state index contributed by atoms with van der Waals surface area (Å²) < 4.78 is 1.83. The lowest BCUT2D eigenvalue weighted by Gasteiger charge is -2.30. The predicted molar refractivity (Wildman–Crippen MR) is 156 cm³/mol. The summed E-state index contributed by atoms with van der Waals surface area (Å²) in [6.45, 7) is 16.5. The molecule has 0 aliphatic heterocycles. The van der Waals surface area contributed by atoms with E-state index in [4.69, 9.17) is 16.5 Å². The number of aromatic amines is 1. The maximum Gasteiger partial charge on any atom is 0.113 e. The zero-order valence-electron chi connectivity index (χ0n) is 23.6. The fourth-order valence-electron chi connectivity index (χ4n) is 5.69. The second-order valence-corrected chi connectivity index (χ2v) is 12.3. The molecule has 1 aliphatic carbocycles. The Morgan fingerprint density at radius 2 is 1.95 bits per heavy atom. The summed E-state index contributed by atoms with van der Waals surface area (Å²) in [7, 11) is 0. The minimum atomic E-state index is -0.880. The van der Waals surface area contributed by atoms with E-state index < -0.39 is 12.2 Å². The van der Waals surface area contributed by atoms with Gasteiger partial charge < -0.3 is 36.1 Å². The fraction of sp³-hybridized carbons (Fsp3) is 0.567. The van der Waals surface area contributed by atoms with E-state index in [1.165, 1.54) is 5.56 Å². The molecule has 7 N–H and O–H groups in total. The van der Waals surface area contributed by atoms with Gasteiger partial charge in [-0.2, -0.15) is 0 Å². The first-order valence-corrected chi connectivity index (χ1v) is 13.9. The van der Waals surface area contributed by atoms with E-state index in [1.807, 2.05) is 16.8 Å². The van der Waals surface area contributed by atoms with E-state index in [9.17, 15) is 10.2 Å². The number of unbranched alkanes of at least 4 members (excludes halogenated alkanes) is 1. The average molecular weight is 523 g/mol. The molecule has 0 radical (unpaired) electrons. The molecule has 4 atom stereocenters. The van der Waals surface area contributed by atoms with Crippen molar-refractivity contribution in [1.29, 1.82) is 0 Å². The van der Waals surface area contributed by atoms with E-state index in [1.54, 1.807) is 0 Å². The Morgan fingerprint density at radius 3 is 2.58 bits per heavy atom. The van der Waals surface area contributed by atoms with Gasteiger partial charge in [-0.05, 0) is 68.8 Å². The van der Waals surface area contributed by atoms with Crippen LogP contribution in [0.2, 0.25) is 0 Å². The van der Waals surface area contributed by atoms with E-state index in [0.717, 1.165) is 49.2 Å². The summed E-state index contributed by atoms with van der Waals surface area (Å²) in [5.41, 5.74) is 16.7. The molecule has 8 heteroatoms. The normalized spacial score (nSPS) is 22.2. The fourth-order valence-corrected chi connectivity index (χ4v) is 5.69. The molecule has 0 unspecified atom stereocenters. The van der Waals surface area contributed by atoms with Gasteiger partial charge in [-0.1, -0.05) is 33.4 Å². The van der Waals surface area contributed by atoms with Gasteiger partial charge in [-0.15, -0.1) is 0 Å². The van der Waals surface area contributed by atoms with Crippen LogP contribution in [0.5, 0.6) is 0 Å². The number of aryl methyl sites for hydroxylation is 1. The van der Waals surface area contributed by atoms with E-state index in [2.05, 4.69) is 69.3 Å². The molecule has 1 saturated carbocycles. The third-order valence-electron chi connectivity index (χ3n) is 8.14. The van der Waals surface area contributed by atoms with Gasteiger partial charge in [0.05, 0.1) is 23.2 Å². The van der Waals surface area contributed by atoms with Crippen LogP contribution in [0.15, 0.2) is 37.0 Å². The highest BCUT2D eigenvalue weighted by Crippen LogP contribution is 2.39. The van der Waals surface area contributed by atoms with Gasteiger partial charge in [0.2, 0.25) is 0 Å². The average Bonchev–Trinajstić information content (AvgIpc) is 3.50. The molecule has 208 valence electrons. The van der Waals surface area contributed by atoms with Gasteiger partial charge in [0, 0.05) is 42.4 Å². The Morgan fingerprint density at radius 1 is 1.21 bits per heavy atom. The number of nitrogens with zero attached hydrogens (tertiary/aromatic N) is 3. The summed E-state index contributed by atoms with van der Waals surface area (Å²) in [5.74, 6) is 1.47. The highest BCUT2D eigenvalue weighted by atomic mass is 16.3. The molecular formula is C30H46N6O2. The summed E-state index contributed by atoms with van der Waals surface area (Å²) in [6, 6.07) is 8.36. The van der Waals surface area contributed by atoms with Crippen molar-refractivity contribution in [2.75, 3.05) is 18.8 Å². The number of anilines is 1. The predicted octanol–water partition coefficient (Wildman–Crippen LogP) is 4.19. The highest BCUT2D eigenvalue weighted by molar-refractivity contribution is 5.76. The number of benzene rings is 1. The highest BCUT2D eigenvalue weighted by Gasteiger charge is 2.43. The molecule has 4 rings (SSSR count). The Labute approximate surface area is 226 Å². The van der Waals surface area contributed by atoms with Crippen LogP contribution in [0.4, 0.5) is 5.82 Å². The van der Waals surface area contributed by atoms with Crippen molar-refractivity contribution in [1.82, 2.24) is 19.4 Å². The molecule has 1 fully saturated rings. The second kappa shape index (κ2) is 11.1. The van der Waals surface area contributed by atoms with Gasteiger partial charge in [-0.3, -0.25) is 0 Å². The number of aliphatic hydroxyl groups excluding tert-OH is 2. The summed E-state index contributed by atoms with van der Waals surface area (Å²) in [4.78, 5) is 10.7. The summed E-state index contributed by atoms with van der Waals surface area (Å²) in [5, 5.41) is 21.8. The Kier molecular flexibility index (Phi) is 8.26. The van der Waals surface area contributed by atoms with Crippen LogP contribution < -0.4 is 11.5 Å². The van der Waals surface area contributed by atoms with Crippen molar-refractivity contribution < 1.29 is 10.2 Å². The molecule has 0 amide bonds. The molecule has 0 spiro atoms. The van der Waals surface area contributed by atoms with Crippen molar-refractivity contribution in [2.45, 2.75) is 90.0 Å². The van der Waals surface area contributed by atoms with Crippen molar-refractivity contribution in [3.05, 3.63) is 54.0 Å².